The van der Waals surface area contributed by atoms with Crippen molar-refractivity contribution in [3.8, 4) is 5.82 Å². The van der Waals surface area contributed by atoms with Crippen LogP contribution < -0.4 is 5.32 Å². The molecule has 0 bridgehead atoms. The Kier molecular flexibility index (Phi) is 3.75. The van der Waals surface area contributed by atoms with Crippen LogP contribution >= 0.6 is 15.9 Å². The number of hydrogen-bond acceptors (Lipinski definition) is 3. The van der Waals surface area contributed by atoms with Crippen molar-refractivity contribution in [2.75, 3.05) is 0 Å². The second-order valence-electron chi connectivity index (χ2n) is 4.93. The summed E-state index contributed by atoms with van der Waals surface area (Å²) in [4.78, 5) is 4.19. The van der Waals surface area contributed by atoms with Crippen LogP contribution in [-0.4, -0.2) is 20.8 Å². The molecule has 3 rings (SSSR count). The lowest BCUT2D eigenvalue weighted by Crippen LogP contribution is -2.18. The highest BCUT2D eigenvalue weighted by Gasteiger charge is 2.34. The molecule has 0 radical (unpaired) electrons. The van der Waals surface area contributed by atoms with Gasteiger partial charge in [-0.25, -0.2) is 9.67 Å². The maximum Gasteiger partial charge on any atom is 0.435 e. The summed E-state index contributed by atoms with van der Waals surface area (Å²) in [5.74, 6) is 0.404. The minimum absolute atomic E-state index is 0.404. The number of aromatic nitrogens is 3. The van der Waals surface area contributed by atoms with Gasteiger partial charge in [0.05, 0.1) is 0 Å². The second kappa shape index (κ2) is 5.42. The Morgan fingerprint density at radius 2 is 2.14 bits per heavy atom. The Morgan fingerprint density at radius 1 is 1.38 bits per heavy atom. The van der Waals surface area contributed by atoms with Crippen molar-refractivity contribution in [3.05, 3.63) is 40.3 Å². The molecule has 21 heavy (non-hydrogen) atoms. The van der Waals surface area contributed by atoms with Crippen molar-refractivity contribution in [2.45, 2.75) is 31.6 Å². The van der Waals surface area contributed by atoms with Gasteiger partial charge in [0.2, 0.25) is 0 Å². The Labute approximate surface area is 127 Å². The first kappa shape index (κ1) is 14.5. The lowest BCUT2D eigenvalue weighted by atomic mass is 10.2. The molecule has 0 unspecified atom stereocenters. The molecule has 1 saturated carbocycles. The molecule has 0 aliphatic heterocycles. The topological polar surface area (TPSA) is 42.7 Å². The summed E-state index contributed by atoms with van der Waals surface area (Å²) in [6.07, 6.45) is 0.644. The van der Waals surface area contributed by atoms with E-state index in [2.05, 4.69) is 31.3 Å². The maximum absolute atomic E-state index is 12.6. The molecule has 0 spiro atoms. The van der Waals surface area contributed by atoms with Crippen LogP contribution in [0.2, 0.25) is 0 Å². The molecular formula is C13H12BrF3N4. The normalized spacial score (nSPS) is 15.4. The summed E-state index contributed by atoms with van der Waals surface area (Å²) in [7, 11) is 0. The summed E-state index contributed by atoms with van der Waals surface area (Å²) >= 11 is 3.33. The van der Waals surface area contributed by atoms with Gasteiger partial charge >= 0.3 is 6.18 Å². The zero-order chi connectivity index (χ0) is 15.0. The Morgan fingerprint density at radius 3 is 2.76 bits per heavy atom. The first-order valence-corrected chi connectivity index (χ1v) is 7.24. The quantitative estimate of drug-likeness (QED) is 0.909. The first-order chi connectivity index (χ1) is 9.93. The van der Waals surface area contributed by atoms with E-state index in [-0.39, 0.29) is 0 Å². The Bertz CT molecular complexity index is 649. The van der Waals surface area contributed by atoms with Crippen LogP contribution in [0.4, 0.5) is 13.2 Å². The monoisotopic (exact) mass is 360 g/mol. The second-order valence-corrected chi connectivity index (χ2v) is 5.85. The summed E-state index contributed by atoms with van der Waals surface area (Å²) < 4.78 is 39.8. The van der Waals surface area contributed by atoms with Gasteiger partial charge in [0.15, 0.2) is 11.5 Å². The van der Waals surface area contributed by atoms with Crippen LogP contribution in [0.15, 0.2) is 29.0 Å². The summed E-state index contributed by atoms with van der Waals surface area (Å²) in [5.41, 5.74) is -0.124. The predicted molar refractivity (Wildman–Crippen MR) is 73.9 cm³/mol. The molecule has 0 atom stereocenters. The van der Waals surface area contributed by atoms with Gasteiger partial charge in [-0.05, 0) is 40.9 Å². The fraction of sp³-hybridized carbons (Fsp3) is 0.385. The van der Waals surface area contributed by atoms with E-state index in [0.717, 1.165) is 28.9 Å². The molecule has 112 valence electrons. The molecule has 1 N–H and O–H groups in total. The zero-order valence-corrected chi connectivity index (χ0v) is 12.4. The smallest absolute Gasteiger partial charge is 0.310 e. The van der Waals surface area contributed by atoms with Crippen LogP contribution in [0.5, 0.6) is 0 Å². The van der Waals surface area contributed by atoms with E-state index in [1.165, 1.54) is 10.9 Å². The van der Waals surface area contributed by atoms with Crippen molar-refractivity contribution in [1.29, 1.82) is 0 Å². The van der Waals surface area contributed by atoms with Crippen LogP contribution in [0.3, 0.4) is 0 Å². The molecule has 0 saturated heterocycles. The van der Waals surface area contributed by atoms with E-state index in [9.17, 15) is 13.2 Å². The molecule has 2 aromatic rings. The van der Waals surface area contributed by atoms with Gasteiger partial charge in [-0.3, -0.25) is 0 Å². The summed E-state index contributed by atoms with van der Waals surface area (Å²) in [5, 5.41) is 6.89. The van der Waals surface area contributed by atoms with E-state index in [1.807, 2.05) is 6.07 Å². The predicted octanol–water partition coefficient (Wildman–Crippen LogP) is 3.30. The third-order valence-electron chi connectivity index (χ3n) is 3.16. The van der Waals surface area contributed by atoms with Gasteiger partial charge in [-0.2, -0.15) is 18.3 Å². The molecular weight excluding hydrogens is 349 g/mol. The average Bonchev–Trinajstić information content (AvgIpc) is 3.10. The van der Waals surface area contributed by atoms with Crippen molar-refractivity contribution in [2.24, 2.45) is 0 Å². The number of alkyl halides is 3. The molecule has 8 heteroatoms. The van der Waals surface area contributed by atoms with Crippen molar-refractivity contribution < 1.29 is 13.2 Å². The number of pyridine rings is 1. The largest absolute Gasteiger partial charge is 0.435 e. The molecule has 1 aliphatic rings. The van der Waals surface area contributed by atoms with Crippen molar-refractivity contribution >= 4 is 15.9 Å². The molecule has 1 fully saturated rings. The average molecular weight is 361 g/mol. The van der Waals surface area contributed by atoms with E-state index in [1.54, 1.807) is 6.20 Å². The minimum Gasteiger partial charge on any atom is -0.310 e. The van der Waals surface area contributed by atoms with E-state index >= 15 is 0 Å². The van der Waals surface area contributed by atoms with E-state index < -0.39 is 11.9 Å². The van der Waals surface area contributed by atoms with Gasteiger partial charge in [-0.15, -0.1) is 0 Å². The third-order valence-corrected chi connectivity index (χ3v) is 3.60. The van der Waals surface area contributed by atoms with Gasteiger partial charge in [-0.1, -0.05) is 0 Å². The molecule has 2 heterocycles. The fourth-order valence-electron chi connectivity index (χ4n) is 1.95. The van der Waals surface area contributed by atoms with Crippen LogP contribution in [0.1, 0.15) is 24.1 Å². The summed E-state index contributed by atoms with van der Waals surface area (Å²) in [6.45, 7) is 0.549. The molecule has 0 aromatic carbocycles. The summed E-state index contributed by atoms with van der Waals surface area (Å²) in [6, 6.07) is 3.29. The van der Waals surface area contributed by atoms with Gasteiger partial charge < -0.3 is 5.32 Å². The maximum atomic E-state index is 12.6. The number of hydrogen-bond donors (Lipinski definition) is 1. The highest BCUT2D eigenvalue weighted by molar-refractivity contribution is 9.10. The van der Waals surface area contributed by atoms with Gasteiger partial charge in [0, 0.05) is 35.0 Å². The van der Waals surface area contributed by atoms with Crippen molar-refractivity contribution in [3.63, 3.8) is 0 Å². The van der Waals surface area contributed by atoms with Crippen LogP contribution in [0.25, 0.3) is 5.82 Å². The number of halogens is 4. The lowest BCUT2D eigenvalue weighted by Gasteiger charge is -2.10. The van der Waals surface area contributed by atoms with Crippen LogP contribution in [0, 0.1) is 0 Å². The molecule has 0 amide bonds. The lowest BCUT2D eigenvalue weighted by molar-refractivity contribution is -0.141. The third kappa shape index (κ3) is 3.44. The number of rotatable bonds is 4. The number of nitrogens with zero attached hydrogens (tertiary/aromatic N) is 3. The molecule has 1 aliphatic carbocycles. The van der Waals surface area contributed by atoms with E-state index in [0.29, 0.717) is 18.4 Å². The standard InChI is InChI=1S/C13H12BrF3N4/c14-9-5-8(6-18-10-1-2-10)12(19-7-9)21-4-3-11(20-21)13(15,16)17/h3-5,7,10,18H,1-2,6H2. The Balaban J connectivity index is 1.90. The highest BCUT2D eigenvalue weighted by atomic mass is 79.9. The molecule has 2 aromatic heterocycles. The minimum atomic E-state index is -4.45. The first-order valence-electron chi connectivity index (χ1n) is 6.44. The highest BCUT2D eigenvalue weighted by Crippen LogP contribution is 2.28. The van der Waals surface area contributed by atoms with Crippen molar-refractivity contribution in [1.82, 2.24) is 20.1 Å². The fourth-order valence-corrected chi connectivity index (χ4v) is 2.32. The zero-order valence-electron chi connectivity index (χ0n) is 10.9. The Hall–Kier alpha value is -1.41. The van der Waals surface area contributed by atoms with Gasteiger partial charge in [0.1, 0.15) is 0 Å². The molecule has 4 nitrogen and oxygen atoms in total. The van der Waals surface area contributed by atoms with E-state index in [4.69, 9.17) is 0 Å². The van der Waals surface area contributed by atoms with Gasteiger partial charge in [0.25, 0.3) is 0 Å². The SMILES string of the molecule is FC(F)(F)c1ccn(-c2ncc(Br)cc2CNC2CC2)n1. The number of nitrogens with one attached hydrogen (secondary N) is 1. The van der Waals surface area contributed by atoms with Crippen LogP contribution in [-0.2, 0) is 12.7 Å².